The first kappa shape index (κ1) is 16.9. The lowest BCUT2D eigenvalue weighted by Crippen LogP contribution is -2.53. The molecule has 2 saturated heterocycles. The van der Waals surface area contributed by atoms with E-state index in [1.54, 1.807) is 12.4 Å². The maximum atomic E-state index is 13.0. The zero-order valence-corrected chi connectivity index (χ0v) is 15.5. The van der Waals surface area contributed by atoms with Crippen molar-refractivity contribution in [1.82, 2.24) is 24.6 Å². The summed E-state index contributed by atoms with van der Waals surface area (Å²) < 4.78 is 1.85. The average molecular weight is 375 g/mol. The number of fused-ring (bicyclic) bond motifs is 2. The van der Waals surface area contributed by atoms with E-state index in [1.807, 2.05) is 38.7 Å². The van der Waals surface area contributed by atoms with E-state index in [1.165, 1.54) is 0 Å². The molecule has 0 aliphatic carbocycles. The lowest BCUT2D eigenvalue weighted by Gasteiger charge is -2.37. The molecule has 0 bridgehead atoms. The Hall–Kier alpha value is -3.22. The lowest BCUT2D eigenvalue weighted by atomic mass is 10.1. The van der Waals surface area contributed by atoms with Gasteiger partial charge in [-0.05, 0) is 18.1 Å². The number of carbonyl (C=O) groups is 2. The van der Waals surface area contributed by atoms with Crippen LogP contribution in [0.4, 0.5) is 0 Å². The van der Waals surface area contributed by atoms with E-state index in [0.29, 0.717) is 38.2 Å². The highest BCUT2D eigenvalue weighted by Crippen LogP contribution is 2.24. The fraction of sp³-hybridized carbons (Fsp3) is 0.333. The van der Waals surface area contributed by atoms with Crippen molar-refractivity contribution in [1.29, 1.82) is 0 Å². The number of carbonyl (C=O) groups excluding carboxylic acids is 2. The molecule has 0 spiro atoms. The molecule has 142 valence electrons. The normalized spacial score (nSPS) is 19.3. The third kappa shape index (κ3) is 2.93. The van der Waals surface area contributed by atoms with Gasteiger partial charge in [-0.2, -0.15) is 5.10 Å². The maximum Gasteiger partial charge on any atom is 0.255 e. The molecule has 0 radical (unpaired) electrons. The minimum absolute atomic E-state index is 0.0239. The molecule has 7 heteroatoms. The fourth-order valence-corrected chi connectivity index (χ4v) is 4.19. The summed E-state index contributed by atoms with van der Waals surface area (Å²) in [5.41, 5.74) is 2.49. The summed E-state index contributed by atoms with van der Waals surface area (Å²) in [6, 6.07) is 12.1. The zero-order chi connectivity index (χ0) is 19.1. The van der Waals surface area contributed by atoms with E-state index in [9.17, 15) is 9.59 Å². The predicted molar refractivity (Wildman–Crippen MR) is 104 cm³/mol. The lowest BCUT2D eigenvalue weighted by molar-refractivity contribution is -0.130. The van der Waals surface area contributed by atoms with Crippen LogP contribution in [0.15, 0.2) is 48.8 Å². The third-order valence-electron chi connectivity index (χ3n) is 5.68. The first-order valence-corrected chi connectivity index (χ1v) is 9.63. The van der Waals surface area contributed by atoms with E-state index in [4.69, 9.17) is 0 Å². The zero-order valence-electron chi connectivity index (χ0n) is 15.5. The van der Waals surface area contributed by atoms with Crippen molar-refractivity contribution in [2.45, 2.75) is 25.4 Å². The van der Waals surface area contributed by atoms with Gasteiger partial charge in [-0.15, -0.1) is 0 Å². The quantitative estimate of drug-likeness (QED) is 0.701. The van der Waals surface area contributed by atoms with E-state index in [-0.39, 0.29) is 17.9 Å². The molecule has 1 atom stereocenters. The Morgan fingerprint density at radius 1 is 1.14 bits per heavy atom. The molecule has 0 N–H and O–H groups in total. The van der Waals surface area contributed by atoms with Gasteiger partial charge in [0.2, 0.25) is 5.91 Å². The summed E-state index contributed by atoms with van der Waals surface area (Å²) in [7, 11) is 0. The van der Waals surface area contributed by atoms with Gasteiger partial charge in [0.05, 0.1) is 18.3 Å². The van der Waals surface area contributed by atoms with Gasteiger partial charge < -0.3 is 9.80 Å². The molecule has 0 saturated carbocycles. The molecular weight excluding hydrogens is 354 g/mol. The van der Waals surface area contributed by atoms with Gasteiger partial charge in [0.1, 0.15) is 0 Å². The van der Waals surface area contributed by atoms with Gasteiger partial charge in [-0.1, -0.05) is 30.3 Å². The third-order valence-corrected chi connectivity index (χ3v) is 5.68. The van der Waals surface area contributed by atoms with Crippen LogP contribution in [-0.4, -0.2) is 62.1 Å². The molecule has 7 nitrogen and oxygen atoms in total. The van der Waals surface area contributed by atoms with Crippen molar-refractivity contribution in [3.8, 4) is 0 Å². The standard InChI is InChI=1S/C21H21N5O2/c27-19-7-6-18-14-24(8-9-25(18)19)21(28)17-10-16-12-23-26(20(16)22-11-17)13-15-4-2-1-3-5-15/h1-5,10-12,18H,6-9,13-14H2. The number of piperazine rings is 1. The number of hydrogen-bond acceptors (Lipinski definition) is 4. The minimum atomic E-state index is -0.0239. The van der Waals surface area contributed by atoms with E-state index in [0.717, 1.165) is 23.0 Å². The average Bonchev–Trinajstić information content (AvgIpc) is 3.31. The Labute approximate surface area is 162 Å². The number of nitrogens with zero attached hydrogens (tertiary/aromatic N) is 5. The summed E-state index contributed by atoms with van der Waals surface area (Å²) in [6.07, 6.45) is 4.84. The highest BCUT2D eigenvalue weighted by atomic mass is 16.2. The van der Waals surface area contributed by atoms with Gasteiger partial charge in [-0.3, -0.25) is 9.59 Å². The van der Waals surface area contributed by atoms with E-state index in [2.05, 4.69) is 22.2 Å². The van der Waals surface area contributed by atoms with Crippen molar-refractivity contribution in [3.05, 3.63) is 59.9 Å². The topological polar surface area (TPSA) is 71.3 Å². The molecule has 1 unspecified atom stereocenters. The van der Waals surface area contributed by atoms with E-state index < -0.39 is 0 Å². The molecule has 2 aliphatic rings. The first-order valence-electron chi connectivity index (χ1n) is 9.63. The largest absolute Gasteiger partial charge is 0.336 e. The van der Waals surface area contributed by atoms with Crippen LogP contribution in [0.2, 0.25) is 0 Å². The highest BCUT2D eigenvalue weighted by molar-refractivity contribution is 5.97. The molecule has 4 heterocycles. The molecule has 2 aromatic heterocycles. The van der Waals surface area contributed by atoms with E-state index >= 15 is 0 Å². The number of aromatic nitrogens is 3. The van der Waals surface area contributed by atoms with Crippen LogP contribution >= 0.6 is 0 Å². The summed E-state index contributed by atoms with van der Waals surface area (Å²) in [5, 5.41) is 5.30. The second-order valence-electron chi connectivity index (χ2n) is 7.46. The van der Waals surface area contributed by atoms with Crippen LogP contribution in [0.5, 0.6) is 0 Å². The van der Waals surface area contributed by atoms with Crippen molar-refractivity contribution in [2.24, 2.45) is 0 Å². The second kappa shape index (κ2) is 6.74. The summed E-state index contributed by atoms with van der Waals surface area (Å²) >= 11 is 0. The summed E-state index contributed by atoms with van der Waals surface area (Å²) in [6.45, 7) is 2.45. The minimum Gasteiger partial charge on any atom is -0.336 e. The van der Waals surface area contributed by atoms with Gasteiger partial charge >= 0.3 is 0 Å². The molecule has 3 aromatic rings. The van der Waals surface area contributed by atoms with Gasteiger partial charge in [0.15, 0.2) is 5.65 Å². The van der Waals surface area contributed by atoms with Crippen LogP contribution in [0.3, 0.4) is 0 Å². The summed E-state index contributed by atoms with van der Waals surface area (Å²) in [5.74, 6) is 0.190. The maximum absolute atomic E-state index is 13.0. The van der Waals surface area contributed by atoms with Crippen molar-refractivity contribution in [2.75, 3.05) is 19.6 Å². The molecule has 28 heavy (non-hydrogen) atoms. The molecule has 2 fully saturated rings. The fourth-order valence-electron chi connectivity index (χ4n) is 4.19. The Kier molecular flexibility index (Phi) is 4.07. The van der Waals surface area contributed by atoms with Crippen molar-refractivity contribution in [3.63, 3.8) is 0 Å². The smallest absolute Gasteiger partial charge is 0.255 e. The Morgan fingerprint density at radius 3 is 2.86 bits per heavy atom. The SMILES string of the molecule is O=C(c1cnc2c(cnn2Cc2ccccc2)c1)N1CCN2C(=O)CCC2C1. The van der Waals surface area contributed by atoms with Crippen LogP contribution in [0, 0.1) is 0 Å². The Bertz CT molecular complexity index is 1050. The van der Waals surface area contributed by atoms with Gasteiger partial charge in [-0.25, -0.2) is 9.67 Å². The first-order chi connectivity index (χ1) is 13.7. The Balaban J connectivity index is 1.35. The molecule has 2 aliphatic heterocycles. The molecular formula is C21H21N5O2. The highest BCUT2D eigenvalue weighted by Gasteiger charge is 2.37. The predicted octanol–water partition coefficient (Wildman–Crippen LogP) is 1.93. The molecule has 5 rings (SSSR count). The number of amides is 2. The number of hydrogen-bond donors (Lipinski definition) is 0. The van der Waals surface area contributed by atoms with Crippen LogP contribution in [0.25, 0.3) is 11.0 Å². The number of benzene rings is 1. The second-order valence-corrected chi connectivity index (χ2v) is 7.46. The number of pyridine rings is 1. The molecule has 1 aromatic carbocycles. The summed E-state index contributed by atoms with van der Waals surface area (Å²) in [4.78, 5) is 33.1. The van der Waals surface area contributed by atoms with Crippen molar-refractivity contribution < 1.29 is 9.59 Å². The monoisotopic (exact) mass is 375 g/mol. The van der Waals surface area contributed by atoms with Crippen LogP contribution in [0.1, 0.15) is 28.8 Å². The molecule has 2 amide bonds. The van der Waals surface area contributed by atoms with Crippen LogP contribution in [-0.2, 0) is 11.3 Å². The number of rotatable bonds is 3. The van der Waals surface area contributed by atoms with Crippen LogP contribution < -0.4 is 0 Å². The Morgan fingerprint density at radius 2 is 2.00 bits per heavy atom. The van der Waals surface area contributed by atoms with Gasteiger partial charge in [0.25, 0.3) is 5.91 Å². The van der Waals surface area contributed by atoms with Crippen molar-refractivity contribution >= 4 is 22.8 Å². The van der Waals surface area contributed by atoms with Gasteiger partial charge in [0, 0.05) is 43.7 Å².